The second kappa shape index (κ2) is 6.71. The minimum atomic E-state index is -0.353. The number of carbonyl (C=O) groups excluding carboxylic acids is 2. The Morgan fingerprint density at radius 1 is 1.36 bits per heavy atom. The van der Waals surface area contributed by atoms with Gasteiger partial charge in [0.15, 0.2) is 0 Å². The molecular formula is C16H21N3O2S. The molecule has 0 aromatic heterocycles. The van der Waals surface area contributed by atoms with Crippen LogP contribution >= 0.6 is 11.8 Å². The van der Waals surface area contributed by atoms with Gasteiger partial charge in [0.05, 0.1) is 6.04 Å². The molecule has 2 heterocycles. The van der Waals surface area contributed by atoms with Crippen molar-refractivity contribution in [2.45, 2.75) is 24.9 Å². The monoisotopic (exact) mass is 319 g/mol. The van der Waals surface area contributed by atoms with E-state index in [2.05, 4.69) is 5.32 Å². The fourth-order valence-corrected chi connectivity index (χ4v) is 3.97. The van der Waals surface area contributed by atoms with E-state index in [1.165, 1.54) is 0 Å². The largest absolute Gasteiger partial charge is 0.332 e. The minimum Gasteiger partial charge on any atom is -0.332 e. The zero-order chi connectivity index (χ0) is 15.5. The lowest BCUT2D eigenvalue weighted by molar-refractivity contribution is -0.139. The number of rotatable bonds is 3. The average Bonchev–Trinajstić information content (AvgIpc) is 3.09. The van der Waals surface area contributed by atoms with Gasteiger partial charge in [0, 0.05) is 30.9 Å². The van der Waals surface area contributed by atoms with Gasteiger partial charge in [-0.2, -0.15) is 0 Å². The lowest BCUT2D eigenvalue weighted by atomic mass is 10.0. The number of nitrogens with zero attached hydrogens (tertiary/aromatic N) is 2. The third-order valence-electron chi connectivity index (χ3n) is 4.31. The van der Waals surface area contributed by atoms with E-state index in [0.29, 0.717) is 0 Å². The maximum absolute atomic E-state index is 12.8. The molecule has 2 saturated heterocycles. The first-order chi connectivity index (χ1) is 10.7. The quantitative estimate of drug-likeness (QED) is 0.912. The standard InChI is InChI=1S/C16H21N3O2S/c1-18(15(20)13-10-22-11-17-13)14-8-5-9-19(16(14)21)12-6-3-2-4-7-12/h2-4,6-7,13-14,17H,5,8-11H2,1H3. The van der Waals surface area contributed by atoms with E-state index in [9.17, 15) is 9.59 Å². The summed E-state index contributed by atoms with van der Waals surface area (Å²) in [5.41, 5.74) is 0.910. The van der Waals surface area contributed by atoms with Crippen molar-refractivity contribution in [1.29, 1.82) is 0 Å². The Labute approximate surface area is 135 Å². The van der Waals surface area contributed by atoms with Crippen molar-refractivity contribution in [3.8, 4) is 0 Å². The lowest BCUT2D eigenvalue weighted by Gasteiger charge is -2.37. The molecule has 1 N–H and O–H groups in total. The number of anilines is 1. The predicted molar refractivity (Wildman–Crippen MR) is 88.8 cm³/mol. The van der Waals surface area contributed by atoms with Crippen LogP contribution in [-0.2, 0) is 9.59 Å². The van der Waals surface area contributed by atoms with Crippen molar-refractivity contribution >= 4 is 29.3 Å². The Morgan fingerprint density at radius 3 is 2.82 bits per heavy atom. The van der Waals surface area contributed by atoms with Gasteiger partial charge in [-0.25, -0.2) is 0 Å². The van der Waals surface area contributed by atoms with E-state index in [0.717, 1.165) is 36.7 Å². The normalized spacial score (nSPS) is 25.3. The molecule has 118 valence electrons. The molecule has 5 nitrogen and oxygen atoms in total. The third-order valence-corrected chi connectivity index (χ3v) is 5.25. The second-order valence-electron chi connectivity index (χ2n) is 5.70. The van der Waals surface area contributed by atoms with Gasteiger partial charge < -0.3 is 9.80 Å². The molecule has 0 radical (unpaired) electrons. The van der Waals surface area contributed by atoms with E-state index in [1.807, 2.05) is 30.3 Å². The molecule has 0 spiro atoms. The number of hydrogen-bond donors (Lipinski definition) is 1. The molecule has 2 fully saturated rings. The van der Waals surface area contributed by atoms with E-state index >= 15 is 0 Å². The Hall–Kier alpha value is -1.53. The second-order valence-corrected chi connectivity index (χ2v) is 6.73. The number of carbonyl (C=O) groups is 2. The Balaban J connectivity index is 1.73. The minimum absolute atomic E-state index is 0.0262. The van der Waals surface area contributed by atoms with Gasteiger partial charge >= 0.3 is 0 Å². The van der Waals surface area contributed by atoms with Crippen LogP contribution in [0.2, 0.25) is 0 Å². The van der Waals surface area contributed by atoms with Crippen LogP contribution in [0.5, 0.6) is 0 Å². The molecule has 0 bridgehead atoms. The van der Waals surface area contributed by atoms with Crippen molar-refractivity contribution in [1.82, 2.24) is 10.2 Å². The number of likely N-dealkylation sites (N-methyl/N-ethyl adjacent to an activating group) is 1. The molecule has 2 atom stereocenters. The molecule has 2 aliphatic heterocycles. The topological polar surface area (TPSA) is 52.7 Å². The van der Waals surface area contributed by atoms with Crippen LogP contribution in [0, 0.1) is 0 Å². The summed E-state index contributed by atoms with van der Waals surface area (Å²) in [5.74, 6) is 1.64. The Bertz CT molecular complexity index is 546. The van der Waals surface area contributed by atoms with Gasteiger partial charge in [-0.15, -0.1) is 11.8 Å². The van der Waals surface area contributed by atoms with Crippen LogP contribution in [0.4, 0.5) is 5.69 Å². The lowest BCUT2D eigenvalue weighted by Crippen LogP contribution is -2.56. The van der Waals surface area contributed by atoms with Crippen molar-refractivity contribution in [2.24, 2.45) is 0 Å². The number of nitrogens with one attached hydrogen (secondary N) is 1. The maximum Gasteiger partial charge on any atom is 0.249 e. The van der Waals surface area contributed by atoms with E-state index in [4.69, 9.17) is 0 Å². The fourth-order valence-electron chi connectivity index (χ4n) is 3.03. The van der Waals surface area contributed by atoms with Crippen molar-refractivity contribution < 1.29 is 9.59 Å². The number of benzene rings is 1. The third kappa shape index (κ3) is 2.98. The predicted octanol–water partition coefficient (Wildman–Crippen LogP) is 1.30. The highest BCUT2D eigenvalue weighted by Gasteiger charge is 2.37. The highest BCUT2D eigenvalue weighted by atomic mass is 32.2. The van der Waals surface area contributed by atoms with Gasteiger partial charge in [0.1, 0.15) is 6.04 Å². The van der Waals surface area contributed by atoms with Crippen LogP contribution in [0.1, 0.15) is 12.8 Å². The first-order valence-corrected chi connectivity index (χ1v) is 8.78. The fraction of sp³-hybridized carbons (Fsp3) is 0.500. The number of hydrogen-bond acceptors (Lipinski definition) is 4. The first-order valence-electron chi connectivity index (χ1n) is 7.62. The summed E-state index contributed by atoms with van der Waals surface area (Å²) < 4.78 is 0. The van der Waals surface area contributed by atoms with E-state index < -0.39 is 0 Å². The number of piperidine rings is 1. The molecule has 0 aliphatic carbocycles. The van der Waals surface area contributed by atoms with Gasteiger partial charge in [0.25, 0.3) is 0 Å². The summed E-state index contributed by atoms with van der Waals surface area (Å²) in [5, 5.41) is 3.18. The molecule has 2 aliphatic rings. The highest BCUT2D eigenvalue weighted by molar-refractivity contribution is 7.99. The average molecular weight is 319 g/mol. The van der Waals surface area contributed by atoms with Gasteiger partial charge in [-0.1, -0.05) is 18.2 Å². The Morgan fingerprint density at radius 2 is 2.14 bits per heavy atom. The zero-order valence-electron chi connectivity index (χ0n) is 12.7. The Kier molecular flexibility index (Phi) is 4.69. The molecule has 6 heteroatoms. The summed E-state index contributed by atoms with van der Waals surface area (Å²) in [7, 11) is 1.75. The smallest absolute Gasteiger partial charge is 0.249 e. The van der Waals surface area contributed by atoms with Crippen LogP contribution in [0.25, 0.3) is 0 Å². The van der Waals surface area contributed by atoms with Crippen molar-refractivity contribution in [2.75, 3.05) is 30.1 Å². The highest BCUT2D eigenvalue weighted by Crippen LogP contribution is 2.24. The number of para-hydroxylation sites is 1. The summed E-state index contributed by atoms with van der Waals surface area (Å²) in [6.45, 7) is 0.721. The van der Waals surface area contributed by atoms with Gasteiger partial charge in [-0.3, -0.25) is 14.9 Å². The van der Waals surface area contributed by atoms with Gasteiger partial charge in [-0.05, 0) is 25.0 Å². The summed E-state index contributed by atoms with van der Waals surface area (Å²) in [4.78, 5) is 28.7. The molecule has 1 aromatic carbocycles. The molecule has 22 heavy (non-hydrogen) atoms. The molecular weight excluding hydrogens is 298 g/mol. The van der Waals surface area contributed by atoms with Gasteiger partial charge in [0.2, 0.25) is 11.8 Å². The van der Waals surface area contributed by atoms with E-state index in [1.54, 1.807) is 28.6 Å². The van der Waals surface area contributed by atoms with Crippen LogP contribution in [0.3, 0.4) is 0 Å². The first kappa shape index (κ1) is 15.4. The summed E-state index contributed by atoms with van der Waals surface area (Å²) >= 11 is 1.72. The van der Waals surface area contributed by atoms with Crippen LogP contribution in [0.15, 0.2) is 30.3 Å². The van der Waals surface area contributed by atoms with Crippen molar-refractivity contribution in [3.63, 3.8) is 0 Å². The molecule has 2 amide bonds. The maximum atomic E-state index is 12.8. The van der Waals surface area contributed by atoms with Crippen LogP contribution < -0.4 is 10.2 Å². The molecule has 2 unspecified atom stereocenters. The molecule has 1 aromatic rings. The van der Waals surface area contributed by atoms with Crippen LogP contribution in [-0.4, -0.2) is 54.0 Å². The molecule has 3 rings (SSSR count). The molecule has 0 saturated carbocycles. The number of amides is 2. The number of thioether (sulfide) groups is 1. The summed E-state index contributed by atoms with van der Waals surface area (Å²) in [6, 6.07) is 9.17. The summed E-state index contributed by atoms with van der Waals surface area (Å²) in [6.07, 6.45) is 1.65. The van der Waals surface area contributed by atoms with Crippen molar-refractivity contribution in [3.05, 3.63) is 30.3 Å². The SMILES string of the molecule is CN(C(=O)C1CSCN1)C1CCCN(c2ccccc2)C1=O. The van der Waals surface area contributed by atoms with E-state index in [-0.39, 0.29) is 23.9 Å². The zero-order valence-corrected chi connectivity index (χ0v) is 13.5.